The van der Waals surface area contributed by atoms with Crippen molar-refractivity contribution in [3.63, 3.8) is 0 Å². The van der Waals surface area contributed by atoms with Crippen LogP contribution < -0.4 is 5.32 Å². The van der Waals surface area contributed by atoms with Gasteiger partial charge in [-0.25, -0.2) is 4.98 Å². The Morgan fingerprint density at radius 3 is 2.67 bits per heavy atom. The zero-order chi connectivity index (χ0) is 13.5. The second-order valence-electron chi connectivity index (χ2n) is 5.29. The lowest BCUT2D eigenvalue weighted by Crippen LogP contribution is -2.43. The number of thiazole rings is 1. The highest BCUT2D eigenvalue weighted by Crippen LogP contribution is 2.17. The van der Waals surface area contributed by atoms with Crippen LogP contribution in [0.5, 0.6) is 0 Å². The van der Waals surface area contributed by atoms with Gasteiger partial charge in [0, 0.05) is 24.0 Å². The molecular weight excluding hydrogens is 242 g/mol. The summed E-state index contributed by atoms with van der Waals surface area (Å²) in [6, 6.07) is 0.582. The first-order valence-electron chi connectivity index (χ1n) is 6.86. The molecule has 0 saturated heterocycles. The first-order chi connectivity index (χ1) is 8.56. The summed E-state index contributed by atoms with van der Waals surface area (Å²) < 4.78 is 0. The average Bonchev–Trinajstić information content (AvgIpc) is 2.70. The number of nitrogens with zero attached hydrogens (tertiary/aromatic N) is 2. The van der Waals surface area contributed by atoms with E-state index in [1.165, 1.54) is 17.0 Å². The molecule has 0 bridgehead atoms. The maximum atomic E-state index is 4.33. The number of likely N-dealkylation sites (N-methyl/N-ethyl adjacent to an activating group) is 1. The van der Waals surface area contributed by atoms with E-state index in [4.69, 9.17) is 0 Å². The summed E-state index contributed by atoms with van der Waals surface area (Å²) >= 11 is 1.76. The van der Waals surface area contributed by atoms with Gasteiger partial charge in [0.05, 0.1) is 11.2 Å². The molecule has 0 radical (unpaired) electrons. The van der Waals surface area contributed by atoms with Crippen LogP contribution in [0.15, 0.2) is 5.51 Å². The van der Waals surface area contributed by atoms with Crippen LogP contribution in [0.25, 0.3) is 0 Å². The van der Waals surface area contributed by atoms with Crippen LogP contribution in [-0.4, -0.2) is 36.1 Å². The number of hydrogen-bond acceptors (Lipinski definition) is 4. The predicted octanol–water partition coefficient (Wildman–Crippen LogP) is 2.91. The minimum atomic E-state index is 0.582. The summed E-state index contributed by atoms with van der Waals surface area (Å²) in [5, 5.41) is 3.54. The summed E-state index contributed by atoms with van der Waals surface area (Å²) in [4.78, 5) is 8.17. The van der Waals surface area contributed by atoms with Gasteiger partial charge in [0.15, 0.2) is 0 Å². The van der Waals surface area contributed by atoms with Crippen LogP contribution in [0.3, 0.4) is 0 Å². The van der Waals surface area contributed by atoms with E-state index in [9.17, 15) is 0 Å². The van der Waals surface area contributed by atoms with E-state index < -0.39 is 0 Å². The van der Waals surface area contributed by atoms with Crippen molar-refractivity contribution in [2.24, 2.45) is 5.92 Å². The normalized spacial score (nSPS) is 13.5. The van der Waals surface area contributed by atoms with Gasteiger partial charge in [-0.3, -0.25) is 4.90 Å². The third-order valence-electron chi connectivity index (χ3n) is 3.35. The second-order valence-corrected chi connectivity index (χ2v) is 6.23. The van der Waals surface area contributed by atoms with Crippen LogP contribution in [0.4, 0.5) is 0 Å². The Kier molecular flexibility index (Phi) is 6.82. The molecule has 0 aromatic carbocycles. The van der Waals surface area contributed by atoms with Crippen LogP contribution in [0.1, 0.15) is 37.8 Å². The molecule has 0 amide bonds. The van der Waals surface area contributed by atoms with Crippen LogP contribution in [0, 0.1) is 12.8 Å². The molecule has 18 heavy (non-hydrogen) atoms. The lowest BCUT2D eigenvalue weighted by molar-refractivity contribution is 0.181. The van der Waals surface area contributed by atoms with Gasteiger partial charge >= 0.3 is 0 Å². The SMILES string of the molecule is CCCNCC(C(C)C)N(C)Cc1scnc1C. The molecule has 4 heteroatoms. The molecule has 0 aliphatic carbocycles. The number of aryl methyl sites for hydroxylation is 1. The Hall–Kier alpha value is -0.450. The lowest BCUT2D eigenvalue weighted by atomic mass is 10.0. The van der Waals surface area contributed by atoms with E-state index in [1.54, 1.807) is 11.3 Å². The maximum Gasteiger partial charge on any atom is 0.0798 e. The van der Waals surface area contributed by atoms with E-state index in [2.05, 4.69) is 49.9 Å². The van der Waals surface area contributed by atoms with Gasteiger partial charge in [-0.2, -0.15) is 0 Å². The molecule has 1 unspecified atom stereocenters. The fourth-order valence-corrected chi connectivity index (χ4v) is 2.99. The number of hydrogen-bond donors (Lipinski definition) is 1. The first kappa shape index (κ1) is 15.6. The molecule has 0 saturated carbocycles. The van der Waals surface area contributed by atoms with Gasteiger partial charge in [-0.15, -0.1) is 11.3 Å². The smallest absolute Gasteiger partial charge is 0.0798 e. The largest absolute Gasteiger partial charge is 0.315 e. The lowest BCUT2D eigenvalue weighted by Gasteiger charge is -2.31. The highest BCUT2D eigenvalue weighted by atomic mass is 32.1. The Morgan fingerprint density at radius 1 is 1.44 bits per heavy atom. The third-order valence-corrected chi connectivity index (χ3v) is 4.27. The highest BCUT2D eigenvalue weighted by Gasteiger charge is 2.19. The summed E-state index contributed by atoms with van der Waals surface area (Å²) in [7, 11) is 2.22. The Balaban J connectivity index is 2.54. The number of nitrogens with one attached hydrogen (secondary N) is 1. The van der Waals surface area contributed by atoms with Crippen molar-refractivity contribution in [1.29, 1.82) is 0 Å². The molecule has 1 N–H and O–H groups in total. The minimum Gasteiger partial charge on any atom is -0.315 e. The molecule has 3 nitrogen and oxygen atoms in total. The van der Waals surface area contributed by atoms with E-state index in [0.717, 1.165) is 19.6 Å². The molecule has 104 valence electrons. The molecular formula is C14H27N3S. The van der Waals surface area contributed by atoms with E-state index in [1.807, 2.05) is 5.51 Å². The fraction of sp³-hybridized carbons (Fsp3) is 0.786. The van der Waals surface area contributed by atoms with Gasteiger partial charge < -0.3 is 5.32 Å². The predicted molar refractivity (Wildman–Crippen MR) is 80.1 cm³/mol. The molecule has 0 aliphatic heterocycles. The summed E-state index contributed by atoms with van der Waals surface area (Å²) in [6.07, 6.45) is 1.20. The van der Waals surface area contributed by atoms with Gasteiger partial charge in [0.25, 0.3) is 0 Å². The zero-order valence-electron chi connectivity index (χ0n) is 12.4. The van der Waals surface area contributed by atoms with E-state index in [-0.39, 0.29) is 0 Å². The first-order valence-corrected chi connectivity index (χ1v) is 7.74. The van der Waals surface area contributed by atoms with Crippen molar-refractivity contribution >= 4 is 11.3 Å². The van der Waals surface area contributed by atoms with Crippen molar-refractivity contribution < 1.29 is 0 Å². The number of rotatable bonds is 8. The minimum absolute atomic E-state index is 0.582. The molecule has 1 rings (SSSR count). The van der Waals surface area contributed by atoms with Crippen molar-refractivity contribution in [2.45, 2.75) is 46.7 Å². The Morgan fingerprint density at radius 2 is 2.17 bits per heavy atom. The molecule has 0 fully saturated rings. The standard InChI is InChI=1S/C14H27N3S/c1-6-7-15-8-13(11(2)3)17(5)9-14-12(4)16-10-18-14/h10-11,13,15H,6-9H2,1-5H3. The summed E-state index contributed by atoms with van der Waals surface area (Å²) in [5.41, 5.74) is 3.12. The van der Waals surface area contributed by atoms with Crippen LogP contribution >= 0.6 is 11.3 Å². The highest BCUT2D eigenvalue weighted by molar-refractivity contribution is 7.09. The molecule has 1 aromatic rings. The maximum absolute atomic E-state index is 4.33. The third kappa shape index (κ3) is 4.67. The summed E-state index contributed by atoms with van der Waals surface area (Å²) in [6.45, 7) is 12.1. The molecule has 0 spiro atoms. The van der Waals surface area contributed by atoms with Crippen LogP contribution in [-0.2, 0) is 6.54 Å². The van der Waals surface area contributed by atoms with Gasteiger partial charge in [0.1, 0.15) is 0 Å². The monoisotopic (exact) mass is 269 g/mol. The Labute approximate surface area is 116 Å². The summed E-state index contributed by atoms with van der Waals surface area (Å²) in [5.74, 6) is 0.660. The van der Waals surface area contributed by atoms with Crippen molar-refractivity contribution in [3.8, 4) is 0 Å². The average molecular weight is 269 g/mol. The van der Waals surface area contributed by atoms with E-state index in [0.29, 0.717) is 12.0 Å². The second kappa shape index (κ2) is 7.87. The molecule has 1 atom stereocenters. The number of aromatic nitrogens is 1. The van der Waals surface area contributed by atoms with Gasteiger partial charge in [-0.05, 0) is 32.9 Å². The van der Waals surface area contributed by atoms with Gasteiger partial charge in [-0.1, -0.05) is 20.8 Å². The zero-order valence-corrected chi connectivity index (χ0v) is 13.2. The molecule has 1 aromatic heterocycles. The van der Waals surface area contributed by atoms with Crippen molar-refractivity contribution in [3.05, 3.63) is 16.1 Å². The van der Waals surface area contributed by atoms with Crippen molar-refractivity contribution in [2.75, 3.05) is 20.1 Å². The quantitative estimate of drug-likeness (QED) is 0.736. The Bertz CT molecular complexity index is 336. The van der Waals surface area contributed by atoms with Gasteiger partial charge in [0.2, 0.25) is 0 Å². The topological polar surface area (TPSA) is 28.2 Å². The van der Waals surface area contributed by atoms with Crippen LogP contribution in [0.2, 0.25) is 0 Å². The fourth-order valence-electron chi connectivity index (χ4n) is 2.15. The molecule has 1 heterocycles. The molecule has 0 aliphatic rings. The van der Waals surface area contributed by atoms with E-state index >= 15 is 0 Å². The van der Waals surface area contributed by atoms with Crippen molar-refractivity contribution in [1.82, 2.24) is 15.2 Å².